The highest BCUT2D eigenvalue weighted by Crippen LogP contribution is 2.31. The van der Waals surface area contributed by atoms with E-state index in [0.717, 1.165) is 51.4 Å². The van der Waals surface area contributed by atoms with E-state index in [0.29, 0.717) is 24.0 Å². The van der Waals surface area contributed by atoms with Crippen LogP contribution in [0.3, 0.4) is 0 Å². The first-order valence-corrected chi connectivity index (χ1v) is 10.7. The summed E-state index contributed by atoms with van der Waals surface area (Å²) in [6, 6.07) is 3.68. The predicted molar refractivity (Wildman–Crippen MR) is 107 cm³/mol. The van der Waals surface area contributed by atoms with Gasteiger partial charge >= 0.3 is 0 Å². The van der Waals surface area contributed by atoms with Gasteiger partial charge in [-0.15, -0.1) is 0 Å². The maximum atomic E-state index is 13.3. The fraction of sp³-hybridized carbons (Fsp3) is 0.762. The summed E-state index contributed by atoms with van der Waals surface area (Å²) in [6.07, 6.45) is 10.5. The fourth-order valence-corrected chi connectivity index (χ4v) is 5.41. The standard InChI is InChI=1S/C21H33N5O/c1-16-8-9-17(2)26(16)19-7-4-12-24(15-19)20(27)18-6-3-13-25(14-18)21-22-10-5-11-23-21/h5,10-11,16-19H,3-4,6-9,12-15H2,1-2H3/t16-,17+,18-,19-/m1/s1. The Labute approximate surface area is 162 Å². The van der Waals surface area contributed by atoms with Gasteiger partial charge in [0.15, 0.2) is 0 Å². The zero-order valence-corrected chi connectivity index (χ0v) is 16.8. The highest BCUT2D eigenvalue weighted by molar-refractivity contribution is 5.79. The van der Waals surface area contributed by atoms with E-state index in [9.17, 15) is 4.79 Å². The molecule has 4 atom stereocenters. The van der Waals surface area contributed by atoms with Gasteiger partial charge in [0.25, 0.3) is 0 Å². The van der Waals surface area contributed by atoms with Crippen molar-refractivity contribution in [2.75, 3.05) is 31.1 Å². The van der Waals surface area contributed by atoms with Crippen molar-refractivity contribution < 1.29 is 4.79 Å². The van der Waals surface area contributed by atoms with E-state index < -0.39 is 0 Å². The summed E-state index contributed by atoms with van der Waals surface area (Å²) in [5.74, 6) is 1.18. The SMILES string of the molecule is C[C@@H]1CC[C@H](C)N1[C@@H]1CCCN(C(=O)[C@@H]2CCCN(c3ncccn3)C2)C1. The average molecular weight is 372 g/mol. The van der Waals surface area contributed by atoms with Gasteiger partial charge in [-0.1, -0.05) is 0 Å². The minimum absolute atomic E-state index is 0.0785. The Balaban J connectivity index is 1.40. The second kappa shape index (κ2) is 8.13. The van der Waals surface area contributed by atoms with Gasteiger partial charge < -0.3 is 9.80 Å². The summed E-state index contributed by atoms with van der Waals surface area (Å²) in [7, 11) is 0. The lowest BCUT2D eigenvalue weighted by atomic mass is 9.94. The number of piperidine rings is 2. The molecule has 148 valence electrons. The minimum Gasteiger partial charge on any atom is -0.341 e. The molecule has 0 radical (unpaired) electrons. The van der Waals surface area contributed by atoms with Crippen molar-refractivity contribution in [1.82, 2.24) is 19.8 Å². The molecule has 0 spiro atoms. The molecule has 0 aromatic carbocycles. The summed E-state index contributed by atoms with van der Waals surface area (Å²) >= 11 is 0. The Morgan fingerprint density at radius 2 is 1.67 bits per heavy atom. The van der Waals surface area contributed by atoms with Crippen LogP contribution in [0.5, 0.6) is 0 Å². The number of hydrogen-bond acceptors (Lipinski definition) is 5. The van der Waals surface area contributed by atoms with Crippen LogP contribution in [-0.4, -0.2) is 70.0 Å². The third-order valence-corrected chi connectivity index (χ3v) is 6.76. The molecule has 4 heterocycles. The molecule has 1 aromatic rings. The minimum atomic E-state index is 0.0785. The Kier molecular flexibility index (Phi) is 5.62. The van der Waals surface area contributed by atoms with Crippen LogP contribution in [0, 0.1) is 5.92 Å². The van der Waals surface area contributed by atoms with Gasteiger partial charge in [-0.2, -0.15) is 0 Å². The highest BCUT2D eigenvalue weighted by Gasteiger charge is 2.38. The molecule has 0 N–H and O–H groups in total. The van der Waals surface area contributed by atoms with Gasteiger partial charge in [-0.25, -0.2) is 9.97 Å². The number of carbonyl (C=O) groups excluding carboxylic acids is 1. The molecule has 3 aliphatic rings. The Hall–Kier alpha value is -1.69. The number of nitrogens with zero attached hydrogens (tertiary/aromatic N) is 5. The van der Waals surface area contributed by atoms with Crippen LogP contribution < -0.4 is 4.90 Å². The molecular formula is C21H33N5O. The van der Waals surface area contributed by atoms with E-state index in [-0.39, 0.29) is 5.92 Å². The average Bonchev–Trinajstić information content (AvgIpc) is 3.06. The van der Waals surface area contributed by atoms with Crippen LogP contribution in [0.15, 0.2) is 18.5 Å². The van der Waals surface area contributed by atoms with Crippen molar-refractivity contribution in [1.29, 1.82) is 0 Å². The molecule has 3 fully saturated rings. The predicted octanol–water partition coefficient (Wildman–Crippen LogP) is 2.56. The molecule has 4 rings (SSSR count). The summed E-state index contributed by atoms with van der Waals surface area (Å²) in [5, 5.41) is 0. The molecular weight excluding hydrogens is 338 g/mol. The van der Waals surface area contributed by atoms with Crippen LogP contribution >= 0.6 is 0 Å². The second-order valence-corrected chi connectivity index (χ2v) is 8.64. The maximum absolute atomic E-state index is 13.3. The molecule has 6 nitrogen and oxygen atoms in total. The monoisotopic (exact) mass is 371 g/mol. The van der Waals surface area contributed by atoms with E-state index in [1.54, 1.807) is 12.4 Å². The normalized spacial score (nSPS) is 32.7. The lowest BCUT2D eigenvalue weighted by Gasteiger charge is -2.43. The third kappa shape index (κ3) is 3.96. The van der Waals surface area contributed by atoms with Crippen LogP contribution in [-0.2, 0) is 4.79 Å². The van der Waals surface area contributed by atoms with Crippen molar-refractivity contribution in [3.8, 4) is 0 Å². The van der Waals surface area contributed by atoms with E-state index in [1.807, 2.05) is 6.07 Å². The van der Waals surface area contributed by atoms with Crippen molar-refractivity contribution in [3.63, 3.8) is 0 Å². The molecule has 0 bridgehead atoms. The zero-order valence-electron chi connectivity index (χ0n) is 16.8. The topological polar surface area (TPSA) is 52.6 Å². The van der Waals surface area contributed by atoms with Crippen LogP contribution in [0.25, 0.3) is 0 Å². The first-order valence-electron chi connectivity index (χ1n) is 10.7. The quantitative estimate of drug-likeness (QED) is 0.817. The van der Waals surface area contributed by atoms with Gasteiger partial charge in [0.2, 0.25) is 11.9 Å². The molecule has 3 aliphatic heterocycles. The Morgan fingerprint density at radius 1 is 0.963 bits per heavy atom. The molecule has 6 heteroatoms. The van der Waals surface area contributed by atoms with E-state index in [2.05, 4.69) is 38.5 Å². The van der Waals surface area contributed by atoms with Crippen LogP contribution in [0.1, 0.15) is 52.4 Å². The lowest BCUT2D eigenvalue weighted by Crippen LogP contribution is -2.54. The van der Waals surface area contributed by atoms with E-state index in [4.69, 9.17) is 0 Å². The van der Waals surface area contributed by atoms with E-state index >= 15 is 0 Å². The van der Waals surface area contributed by atoms with Crippen LogP contribution in [0.4, 0.5) is 5.95 Å². The molecule has 3 saturated heterocycles. The fourth-order valence-electron chi connectivity index (χ4n) is 5.41. The third-order valence-electron chi connectivity index (χ3n) is 6.76. The van der Waals surface area contributed by atoms with Gasteiger partial charge in [0.05, 0.1) is 5.92 Å². The van der Waals surface area contributed by atoms with E-state index in [1.165, 1.54) is 19.3 Å². The zero-order chi connectivity index (χ0) is 18.8. The highest BCUT2D eigenvalue weighted by atomic mass is 16.2. The second-order valence-electron chi connectivity index (χ2n) is 8.64. The first-order chi connectivity index (χ1) is 13.1. The van der Waals surface area contributed by atoms with Crippen LogP contribution in [0.2, 0.25) is 0 Å². The summed E-state index contributed by atoms with van der Waals surface area (Å²) in [5.41, 5.74) is 0. The number of likely N-dealkylation sites (tertiary alicyclic amines) is 2. The van der Waals surface area contributed by atoms with Crippen molar-refractivity contribution in [3.05, 3.63) is 18.5 Å². The summed E-state index contributed by atoms with van der Waals surface area (Å²) in [6.45, 7) is 8.22. The number of carbonyl (C=O) groups is 1. The number of hydrogen-bond donors (Lipinski definition) is 0. The van der Waals surface area contributed by atoms with Crippen molar-refractivity contribution in [2.45, 2.75) is 70.5 Å². The van der Waals surface area contributed by atoms with Gasteiger partial charge in [-0.05, 0) is 58.4 Å². The molecule has 0 saturated carbocycles. The number of rotatable bonds is 3. The van der Waals surface area contributed by atoms with Crippen molar-refractivity contribution >= 4 is 11.9 Å². The summed E-state index contributed by atoms with van der Waals surface area (Å²) < 4.78 is 0. The molecule has 1 aromatic heterocycles. The number of aromatic nitrogens is 2. The maximum Gasteiger partial charge on any atom is 0.227 e. The first kappa shape index (κ1) is 18.7. The van der Waals surface area contributed by atoms with Gasteiger partial charge in [0, 0.05) is 56.7 Å². The largest absolute Gasteiger partial charge is 0.341 e. The van der Waals surface area contributed by atoms with Gasteiger partial charge in [0.1, 0.15) is 0 Å². The number of anilines is 1. The van der Waals surface area contributed by atoms with Crippen molar-refractivity contribution in [2.24, 2.45) is 5.92 Å². The molecule has 0 unspecified atom stereocenters. The molecule has 1 amide bonds. The van der Waals surface area contributed by atoms with Gasteiger partial charge in [-0.3, -0.25) is 9.69 Å². The number of amides is 1. The molecule has 27 heavy (non-hydrogen) atoms. The Bertz CT molecular complexity index is 629. The lowest BCUT2D eigenvalue weighted by molar-refractivity contribution is -0.138. The molecule has 0 aliphatic carbocycles. The summed E-state index contributed by atoms with van der Waals surface area (Å²) in [4.78, 5) is 29.1. The Morgan fingerprint density at radius 3 is 2.41 bits per heavy atom. The smallest absolute Gasteiger partial charge is 0.227 e.